The van der Waals surface area contributed by atoms with Crippen molar-refractivity contribution in [2.75, 3.05) is 11.9 Å². The Morgan fingerprint density at radius 1 is 1.42 bits per heavy atom. The summed E-state index contributed by atoms with van der Waals surface area (Å²) >= 11 is 0. The summed E-state index contributed by atoms with van der Waals surface area (Å²) in [4.78, 5) is 7.16. The molecule has 0 aliphatic carbocycles. The fraction of sp³-hybridized carbons (Fsp3) is 0.688. The molecule has 19 heavy (non-hydrogen) atoms. The fourth-order valence-corrected chi connectivity index (χ4v) is 2.88. The number of nitrogens with zero attached hydrogens (tertiary/aromatic N) is 2. The van der Waals surface area contributed by atoms with E-state index in [4.69, 9.17) is 0 Å². The van der Waals surface area contributed by atoms with E-state index in [0.29, 0.717) is 18.1 Å². The summed E-state index contributed by atoms with van der Waals surface area (Å²) in [6, 6.07) is 5.91. The van der Waals surface area contributed by atoms with Gasteiger partial charge in [-0.1, -0.05) is 13.0 Å². The average Bonchev–Trinajstić information content (AvgIpc) is 2.88. The molecule has 2 rings (SSSR count). The van der Waals surface area contributed by atoms with Crippen LogP contribution < -0.4 is 5.32 Å². The summed E-state index contributed by atoms with van der Waals surface area (Å²) in [6.07, 6.45) is 5.55. The van der Waals surface area contributed by atoms with E-state index in [9.17, 15) is 0 Å². The topological polar surface area (TPSA) is 28.2 Å². The van der Waals surface area contributed by atoms with Crippen LogP contribution in [0, 0.1) is 0 Å². The molecule has 106 valence electrons. The van der Waals surface area contributed by atoms with Gasteiger partial charge in [0.1, 0.15) is 5.82 Å². The second-order valence-corrected chi connectivity index (χ2v) is 5.88. The van der Waals surface area contributed by atoms with E-state index in [2.05, 4.69) is 55.0 Å². The van der Waals surface area contributed by atoms with Crippen molar-refractivity contribution < 1.29 is 0 Å². The number of hydrogen-bond donors (Lipinski definition) is 1. The average molecular weight is 261 g/mol. The summed E-state index contributed by atoms with van der Waals surface area (Å²) in [6.45, 7) is 10.2. The maximum atomic E-state index is 4.57. The smallest absolute Gasteiger partial charge is 0.130 e. The predicted molar refractivity (Wildman–Crippen MR) is 81.4 cm³/mol. The number of nitrogens with one attached hydrogen (secondary N) is 1. The minimum absolute atomic E-state index is 0.475. The Balaban J connectivity index is 2.23. The largest absolute Gasteiger partial charge is 0.367 e. The Bertz CT molecular complexity index is 403. The SMILES string of the molecule is CC[C@@H](C)Nc1ncccc1[C@H]1CCCN1C(C)C. The fourth-order valence-electron chi connectivity index (χ4n) is 2.88. The molecule has 0 unspecified atom stereocenters. The van der Waals surface area contributed by atoms with Crippen molar-refractivity contribution in [3.8, 4) is 0 Å². The highest BCUT2D eigenvalue weighted by Gasteiger charge is 2.29. The van der Waals surface area contributed by atoms with Crippen molar-refractivity contribution in [3.63, 3.8) is 0 Å². The third-order valence-corrected chi connectivity index (χ3v) is 4.15. The molecule has 2 atom stereocenters. The van der Waals surface area contributed by atoms with E-state index in [1.165, 1.54) is 24.9 Å². The van der Waals surface area contributed by atoms with Crippen LogP contribution in [-0.4, -0.2) is 28.5 Å². The van der Waals surface area contributed by atoms with Gasteiger partial charge in [0, 0.05) is 29.9 Å². The Morgan fingerprint density at radius 2 is 2.21 bits per heavy atom. The van der Waals surface area contributed by atoms with Crippen LogP contribution in [0.4, 0.5) is 5.82 Å². The number of anilines is 1. The van der Waals surface area contributed by atoms with E-state index in [1.807, 2.05) is 6.20 Å². The third-order valence-electron chi connectivity index (χ3n) is 4.15. The van der Waals surface area contributed by atoms with Crippen molar-refractivity contribution in [2.24, 2.45) is 0 Å². The second kappa shape index (κ2) is 6.38. The second-order valence-electron chi connectivity index (χ2n) is 5.88. The lowest BCUT2D eigenvalue weighted by Crippen LogP contribution is -2.31. The molecular weight excluding hydrogens is 234 g/mol. The van der Waals surface area contributed by atoms with Crippen LogP contribution in [0.2, 0.25) is 0 Å². The van der Waals surface area contributed by atoms with Gasteiger partial charge in [0.2, 0.25) is 0 Å². The van der Waals surface area contributed by atoms with Gasteiger partial charge in [0.15, 0.2) is 0 Å². The Kier molecular flexibility index (Phi) is 4.81. The van der Waals surface area contributed by atoms with E-state index in [-0.39, 0.29) is 0 Å². The maximum absolute atomic E-state index is 4.57. The van der Waals surface area contributed by atoms with Crippen molar-refractivity contribution in [1.82, 2.24) is 9.88 Å². The van der Waals surface area contributed by atoms with Crippen molar-refractivity contribution in [1.29, 1.82) is 0 Å². The molecule has 1 saturated heterocycles. The summed E-state index contributed by atoms with van der Waals surface area (Å²) in [5.41, 5.74) is 1.37. The van der Waals surface area contributed by atoms with Gasteiger partial charge in [0.25, 0.3) is 0 Å². The van der Waals surface area contributed by atoms with Gasteiger partial charge >= 0.3 is 0 Å². The molecule has 1 aromatic heterocycles. The maximum Gasteiger partial charge on any atom is 0.130 e. The molecule has 3 nitrogen and oxygen atoms in total. The van der Waals surface area contributed by atoms with Crippen LogP contribution in [0.1, 0.15) is 58.6 Å². The summed E-state index contributed by atoms with van der Waals surface area (Å²) in [7, 11) is 0. The van der Waals surface area contributed by atoms with E-state index >= 15 is 0 Å². The van der Waals surface area contributed by atoms with Crippen LogP contribution >= 0.6 is 0 Å². The summed E-state index contributed by atoms with van der Waals surface area (Å²) in [5, 5.41) is 3.56. The molecular formula is C16H27N3. The number of hydrogen-bond acceptors (Lipinski definition) is 3. The zero-order valence-electron chi connectivity index (χ0n) is 12.7. The minimum atomic E-state index is 0.475. The molecule has 0 radical (unpaired) electrons. The monoisotopic (exact) mass is 261 g/mol. The van der Waals surface area contributed by atoms with Crippen LogP contribution in [-0.2, 0) is 0 Å². The molecule has 0 aromatic carbocycles. The number of rotatable bonds is 5. The lowest BCUT2D eigenvalue weighted by Gasteiger charge is -2.30. The predicted octanol–water partition coefficient (Wildman–Crippen LogP) is 3.84. The molecule has 2 heterocycles. The standard InChI is InChI=1S/C16H27N3/c1-5-13(4)18-16-14(8-6-10-17-16)15-9-7-11-19(15)12(2)3/h6,8,10,12-13,15H,5,7,9,11H2,1-4H3,(H,17,18)/t13-,15-/m1/s1. The first-order chi connectivity index (χ1) is 9.13. The molecule has 0 bridgehead atoms. The lowest BCUT2D eigenvalue weighted by molar-refractivity contribution is 0.205. The minimum Gasteiger partial charge on any atom is -0.367 e. The molecule has 1 fully saturated rings. The first kappa shape index (κ1) is 14.3. The van der Waals surface area contributed by atoms with Gasteiger partial charge in [-0.2, -0.15) is 0 Å². The highest BCUT2D eigenvalue weighted by atomic mass is 15.2. The molecule has 0 saturated carbocycles. The highest BCUT2D eigenvalue weighted by Crippen LogP contribution is 2.36. The van der Waals surface area contributed by atoms with Crippen LogP contribution in [0.3, 0.4) is 0 Å². The van der Waals surface area contributed by atoms with Gasteiger partial charge in [0.05, 0.1) is 0 Å². The summed E-state index contributed by atoms with van der Waals surface area (Å²) < 4.78 is 0. The number of pyridine rings is 1. The van der Waals surface area contributed by atoms with Crippen LogP contribution in [0.15, 0.2) is 18.3 Å². The zero-order valence-corrected chi connectivity index (χ0v) is 12.7. The van der Waals surface area contributed by atoms with Gasteiger partial charge in [-0.25, -0.2) is 4.98 Å². The number of likely N-dealkylation sites (tertiary alicyclic amines) is 1. The van der Waals surface area contributed by atoms with E-state index in [0.717, 1.165) is 12.2 Å². The van der Waals surface area contributed by atoms with Gasteiger partial charge in [-0.15, -0.1) is 0 Å². The van der Waals surface area contributed by atoms with Crippen molar-refractivity contribution >= 4 is 5.82 Å². The first-order valence-electron chi connectivity index (χ1n) is 7.60. The zero-order chi connectivity index (χ0) is 13.8. The van der Waals surface area contributed by atoms with E-state index in [1.54, 1.807) is 0 Å². The van der Waals surface area contributed by atoms with Gasteiger partial charge < -0.3 is 5.32 Å². The molecule has 0 amide bonds. The Labute approximate surface area is 117 Å². The summed E-state index contributed by atoms with van der Waals surface area (Å²) in [5.74, 6) is 1.08. The molecule has 1 aliphatic heterocycles. The Morgan fingerprint density at radius 3 is 2.89 bits per heavy atom. The normalized spacial score (nSPS) is 21.8. The van der Waals surface area contributed by atoms with E-state index < -0.39 is 0 Å². The van der Waals surface area contributed by atoms with Crippen LogP contribution in [0.5, 0.6) is 0 Å². The quantitative estimate of drug-likeness (QED) is 0.873. The third kappa shape index (κ3) is 3.27. The number of aromatic nitrogens is 1. The molecule has 1 aliphatic rings. The molecule has 1 aromatic rings. The molecule has 0 spiro atoms. The van der Waals surface area contributed by atoms with Gasteiger partial charge in [-0.05, 0) is 52.6 Å². The van der Waals surface area contributed by atoms with Crippen LogP contribution in [0.25, 0.3) is 0 Å². The molecule has 1 N–H and O–H groups in total. The first-order valence-corrected chi connectivity index (χ1v) is 7.60. The van der Waals surface area contributed by atoms with Crippen molar-refractivity contribution in [3.05, 3.63) is 23.9 Å². The lowest BCUT2D eigenvalue weighted by atomic mass is 10.0. The highest BCUT2D eigenvalue weighted by molar-refractivity contribution is 5.46. The van der Waals surface area contributed by atoms with Crippen molar-refractivity contribution in [2.45, 2.75) is 65.1 Å². The molecule has 3 heteroatoms. The van der Waals surface area contributed by atoms with Gasteiger partial charge in [-0.3, -0.25) is 4.90 Å². The Hall–Kier alpha value is -1.09.